The average molecular weight is 156 g/mol. The second-order valence-electron chi connectivity index (χ2n) is 3.64. The Morgan fingerprint density at radius 3 is 2.91 bits per heavy atom. The zero-order valence-corrected chi connectivity index (χ0v) is 7.14. The quantitative estimate of drug-likeness (QED) is 0.457. The number of rotatable bonds is 4. The second-order valence-corrected chi connectivity index (χ2v) is 3.64. The van der Waals surface area contributed by atoms with Gasteiger partial charge in [-0.25, -0.2) is 0 Å². The van der Waals surface area contributed by atoms with Gasteiger partial charge in [-0.15, -0.1) is 0 Å². The van der Waals surface area contributed by atoms with Crippen LogP contribution >= 0.6 is 0 Å². The normalized spacial score (nSPS) is 40.6. The number of epoxide rings is 1. The van der Waals surface area contributed by atoms with E-state index >= 15 is 0 Å². The molecule has 2 rings (SSSR count). The van der Waals surface area contributed by atoms with E-state index < -0.39 is 0 Å². The first-order valence-corrected chi connectivity index (χ1v) is 4.63. The van der Waals surface area contributed by atoms with E-state index in [2.05, 4.69) is 6.92 Å². The maximum absolute atomic E-state index is 5.56. The molecule has 0 aromatic rings. The topological polar surface area (TPSA) is 21.8 Å². The molecule has 0 aromatic carbocycles. The zero-order chi connectivity index (χ0) is 7.73. The molecule has 0 radical (unpaired) electrons. The van der Waals surface area contributed by atoms with Crippen LogP contribution in [0.15, 0.2) is 0 Å². The summed E-state index contributed by atoms with van der Waals surface area (Å²) in [7, 11) is 0. The second kappa shape index (κ2) is 2.76. The molecule has 2 aliphatic rings. The molecule has 0 N–H and O–H groups in total. The van der Waals surface area contributed by atoms with E-state index in [9.17, 15) is 0 Å². The van der Waals surface area contributed by atoms with E-state index in [1.165, 1.54) is 25.7 Å². The summed E-state index contributed by atoms with van der Waals surface area (Å²) in [6.07, 6.45) is 5.60. The van der Waals surface area contributed by atoms with Gasteiger partial charge in [-0.1, -0.05) is 26.2 Å². The van der Waals surface area contributed by atoms with Crippen molar-refractivity contribution in [2.45, 2.75) is 44.3 Å². The first-order chi connectivity index (χ1) is 5.37. The summed E-state index contributed by atoms with van der Waals surface area (Å²) in [6, 6.07) is 0. The third-order valence-corrected chi connectivity index (χ3v) is 2.73. The summed E-state index contributed by atoms with van der Waals surface area (Å²) in [5, 5.41) is 0. The van der Waals surface area contributed by atoms with Gasteiger partial charge in [0.1, 0.15) is 11.7 Å². The molecule has 2 heteroatoms. The van der Waals surface area contributed by atoms with Crippen molar-refractivity contribution in [3.63, 3.8) is 0 Å². The van der Waals surface area contributed by atoms with Crippen molar-refractivity contribution in [3.8, 4) is 0 Å². The molecule has 0 aliphatic carbocycles. The molecule has 64 valence electrons. The minimum atomic E-state index is 0.190. The predicted molar refractivity (Wildman–Crippen MR) is 42.6 cm³/mol. The van der Waals surface area contributed by atoms with Gasteiger partial charge in [-0.3, -0.25) is 0 Å². The molecule has 2 saturated heterocycles. The molecule has 2 atom stereocenters. The molecule has 0 saturated carbocycles. The lowest BCUT2D eigenvalue weighted by Gasteiger charge is -2.05. The standard InChI is InChI=1S/C9H16O2/c1-2-3-4-5-9-7-10-6-8(9)11-9/h8H,2-7H2,1H3. The van der Waals surface area contributed by atoms with Crippen LogP contribution in [0.3, 0.4) is 0 Å². The lowest BCUT2D eigenvalue weighted by Crippen LogP contribution is -2.14. The number of fused-ring (bicyclic) bond motifs is 1. The Balaban J connectivity index is 1.70. The molecule has 11 heavy (non-hydrogen) atoms. The van der Waals surface area contributed by atoms with Crippen molar-refractivity contribution in [2.24, 2.45) is 0 Å². The Bertz CT molecular complexity index is 146. The number of hydrogen-bond donors (Lipinski definition) is 0. The molecule has 0 aromatic heterocycles. The van der Waals surface area contributed by atoms with Crippen LogP contribution in [0.5, 0.6) is 0 Å². The Morgan fingerprint density at radius 2 is 2.36 bits per heavy atom. The van der Waals surface area contributed by atoms with E-state index in [4.69, 9.17) is 9.47 Å². The highest BCUT2D eigenvalue weighted by molar-refractivity contribution is 5.06. The van der Waals surface area contributed by atoms with Crippen molar-refractivity contribution in [1.82, 2.24) is 0 Å². The van der Waals surface area contributed by atoms with Crippen LogP contribution < -0.4 is 0 Å². The minimum Gasteiger partial charge on any atom is -0.376 e. The summed E-state index contributed by atoms with van der Waals surface area (Å²) in [5.74, 6) is 0. The van der Waals surface area contributed by atoms with Crippen LogP contribution in [-0.4, -0.2) is 24.9 Å². The lowest BCUT2D eigenvalue weighted by molar-refractivity contribution is 0.0661. The summed E-state index contributed by atoms with van der Waals surface area (Å²) in [5.41, 5.74) is 0.190. The molecule has 0 bridgehead atoms. The largest absolute Gasteiger partial charge is 0.376 e. The van der Waals surface area contributed by atoms with Crippen molar-refractivity contribution < 1.29 is 9.47 Å². The first-order valence-electron chi connectivity index (χ1n) is 4.63. The SMILES string of the molecule is CCCCCC12COCC1O2. The van der Waals surface area contributed by atoms with Gasteiger partial charge in [0.25, 0.3) is 0 Å². The van der Waals surface area contributed by atoms with E-state index in [-0.39, 0.29) is 5.60 Å². The predicted octanol–water partition coefficient (Wildman–Crippen LogP) is 1.73. The summed E-state index contributed by atoms with van der Waals surface area (Å²) >= 11 is 0. The van der Waals surface area contributed by atoms with Gasteiger partial charge in [0.2, 0.25) is 0 Å². The van der Waals surface area contributed by atoms with Crippen molar-refractivity contribution in [1.29, 1.82) is 0 Å². The fraction of sp³-hybridized carbons (Fsp3) is 1.00. The van der Waals surface area contributed by atoms with E-state index in [0.29, 0.717) is 6.10 Å². The molecular formula is C9H16O2. The van der Waals surface area contributed by atoms with Gasteiger partial charge in [-0.2, -0.15) is 0 Å². The van der Waals surface area contributed by atoms with Crippen LogP contribution in [-0.2, 0) is 9.47 Å². The van der Waals surface area contributed by atoms with E-state index in [1.807, 2.05) is 0 Å². The monoisotopic (exact) mass is 156 g/mol. The maximum Gasteiger partial charge on any atom is 0.120 e. The molecule has 2 heterocycles. The van der Waals surface area contributed by atoms with Crippen LogP contribution in [0.1, 0.15) is 32.6 Å². The Morgan fingerprint density at radius 1 is 1.45 bits per heavy atom. The number of hydrogen-bond acceptors (Lipinski definition) is 2. The van der Waals surface area contributed by atoms with Crippen LogP contribution in [0, 0.1) is 0 Å². The summed E-state index contributed by atoms with van der Waals surface area (Å²) in [6.45, 7) is 3.92. The summed E-state index contributed by atoms with van der Waals surface area (Å²) in [4.78, 5) is 0. The molecule has 0 spiro atoms. The highest BCUT2D eigenvalue weighted by atomic mass is 16.7. The molecule has 2 aliphatic heterocycles. The molecule has 2 nitrogen and oxygen atoms in total. The van der Waals surface area contributed by atoms with E-state index in [0.717, 1.165) is 13.2 Å². The van der Waals surface area contributed by atoms with Gasteiger partial charge >= 0.3 is 0 Å². The minimum absolute atomic E-state index is 0.190. The lowest BCUT2D eigenvalue weighted by atomic mass is 10.0. The fourth-order valence-electron chi connectivity index (χ4n) is 1.87. The van der Waals surface area contributed by atoms with Crippen molar-refractivity contribution in [3.05, 3.63) is 0 Å². The Hall–Kier alpha value is -0.0800. The smallest absolute Gasteiger partial charge is 0.120 e. The van der Waals surface area contributed by atoms with Crippen molar-refractivity contribution in [2.75, 3.05) is 13.2 Å². The first kappa shape index (κ1) is 7.56. The van der Waals surface area contributed by atoms with Gasteiger partial charge in [0.05, 0.1) is 13.2 Å². The van der Waals surface area contributed by atoms with Gasteiger partial charge < -0.3 is 9.47 Å². The molecule has 0 amide bonds. The van der Waals surface area contributed by atoms with Crippen LogP contribution in [0.4, 0.5) is 0 Å². The number of ether oxygens (including phenoxy) is 2. The third-order valence-electron chi connectivity index (χ3n) is 2.73. The average Bonchev–Trinajstić information content (AvgIpc) is 2.55. The van der Waals surface area contributed by atoms with Crippen LogP contribution in [0.2, 0.25) is 0 Å². The van der Waals surface area contributed by atoms with Crippen LogP contribution in [0.25, 0.3) is 0 Å². The summed E-state index contributed by atoms with van der Waals surface area (Å²) < 4.78 is 10.9. The molecule has 2 unspecified atom stereocenters. The molecular weight excluding hydrogens is 140 g/mol. The Kier molecular flexibility index (Phi) is 1.90. The fourth-order valence-corrected chi connectivity index (χ4v) is 1.87. The Labute approximate surface area is 67.9 Å². The van der Waals surface area contributed by atoms with Crippen molar-refractivity contribution >= 4 is 0 Å². The molecule has 2 fully saturated rings. The third kappa shape index (κ3) is 1.30. The van der Waals surface area contributed by atoms with Gasteiger partial charge in [-0.05, 0) is 6.42 Å². The van der Waals surface area contributed by atoms with Gasteiger partial charge in [0, 0.05) is 0 Å². The zero-order valence-electron chi connectivity index (χ0n) is 7.14. The van der Waals surface area contributed by atoms with E-state index in [1.54, 1.807) is 0 Å². The van der Waals surface area contributed by atoms with Gasteiger partial charge in [0.15, 0.2) is 0 Å². The maximum atomic E-state index is 5.56. The number of unbranched alkanes of at least 4 members (excludes halogenated alkanes) is 2. The highest BCUT2D eigenvalue weighted by Crippen LogP contribution is 2.45. The highest BCUT2D eigenvalue weighted by Gasteiger charge is 2.59.